The molecule has 0 aliphatic heterocycles. The third kappa shape index (κ3) is 5.13. The molecule has 1 N–H and O–H groups in total. The second kappa shape index (κ2) is 8.17. The highest BCUT2D eigenvalue weighted by Gasteiger charge is 2.29. The summed E-state index contributed by atoms with van der Waals surface area (Å²) in [6.45, 7) is 18.0. The number of phenolic OH excluding ortho intramolecular Hbond substituents is 1. The largest absolute Gasteiger partial charge is 0.507 e. The lowest BCUT2D eigenvalue weighted by Gasteiger charge is -2.29. The molecule has 4 nitrogen and oxygen atoms in total. The van der Waals surface area contributed by atoms with E-state index in [0.717, 1.165) is 16.7 Å². The van der Waals surface area contributed by atoms with Crippen LogP contribution in [0.4, 0.5) is 0 Å². The van der Waals surface area contributed by atoms with Gasteiger partial charge in [0.15, 0.2) is 0 Å². The molecule has 0 saturated carbocycles. The van der Waals surface area contributed by atoms with Crippen molar-refractivity contribution in [3.63, 3.8) is 0 Å². The molecular formula is C23H33NO3. The number of hydrogen-bond donors (Lipinski definition) is 1. The van der Waals surface area contributed by atoms with E-state index in [1.807, 2.05) is 73.6 Å². The van der Waals surface area contributed by atoms with Gasteiger partial charge in [-0.05, 0) is 46.9 Å². The number of carbonyl (C=O) groups excluding carboxylic acids is 1. The lowest BCUT2D eigenvalue weighted by atomic mass is 9.76. The number of nitrogens with zero attached hydrogens (tertiary/aromatic N) is 1. The van der Waals surface area contributed by atoms with Crippen LogP contribution in [0.2, 0.25) is 0 Å². The molecule has 1 aromatic carbocycles. The summed E-state index contributed by atoms with van der Waals surface area (Å²) in [5.41, 5.74) is 2.46. The van der Waals surface area contributed by atoms with Crippen molar-refractivity contribution in [1.82, 2.24) is 0 Å². The number of hydrogen-bond acceptors (Lipinski definition) is 4. The quantitative estimate of drug-likeness (QED) is 0.432. The number of rotatable bonds is 4. The van der Waals surface area contributed by atoms with Gasteiger partial charge < -0.3 is 9.84 Å². The van der Waals surface area contributed by atoms with E-state index < -0.39 is 5.97 Å². The molecule has 27 heavy (non-hydrogen) atoms. The Kier molecular flexibility index (Phi) is 6.88. The van der Waals surface area contributed by atoms with Crippen molar-refractivity contribution in [3.8, 4) is 11.8 Å². The molecule has 0 atom stereocenters. The Balaban J connectivity index is 3.96. The van der Waals surface area contributed by atoms with E-state index in [0.29, 0.717) is 5.57 Å². The molecule has 4 heteroatoms. The second-order valence-corrected chi connectivity index (χ2v) is 9.20. The van der Waals surface area contributed by atoms with Gasteiger partial charge in [0.2, 0.25) is 0 Å². The second-order valence-electron chi connectivity index (χ2n) is 9.20. The van der Waals surface area contributed by atoms with Crippen LogP contribution in [0.5, 0.6) is 5.75 Å². The molecule has 1 aromatic rings. The van der Waals surface area contributed by atoms with Crippen LogP contribution < -0.4 is 0 Å². The Hall–Kier alpha value is -2.28. The summed E-state index contributed by atoms with van der Waals surface area (Å²) in [5.74, 6) is -0.392. The van der Waals surface area contributed by atoms with Crippen LogP contribution in [0.15, 0.2) is 17.7 Å². The average Bonchev–Trinajstić information content (AvgIpc) is 2.50. The standard InChI is InChI=1S/C23H33NO3/c1-10-27-21(26)16(13-24)19(14(2)3)15-11-17(22(4,5)6)20(25)18(12-15)23(7,8)9/h11-12,14,25H,10H2,1-9H3. The normalized spacial score (nSPS) is 13.2. The zero-order chi connectivity index (χ0) is 21.2. The van der Waals surface area contributed by atoms with Crippen molar-refractivity contribution in [2.75, 3.05) is 6.61 Å². The molecule has 0 unspecified atom stereocenters. The minimum Gasteiger partial charge on any atom is -0.507 e. The fourth-order valence-corrected chi connectivity index (χ4v) is 3.12. The Morgan fingerprint density at radius 3 is 1.85 bits per heavy atom. The third-order valence-electron chi connectivity index (χ3n) is 4.47. The van der Waals surface area contributed by atoms with Gasteiger partial charge in [-0.2, -0.15) is 5.26 Å². The van der Waals surface area contributed by atoms with Crippen LogP contribution in [-0.2, 0) is 20.4 Å². The smallest absolute Gasteiger partial charge is 0.349 e. The van der Waals surface area contributed by atoms with E-state index in [-0.39, 0.29) is 34.7 Å². The summed E-state index contributed by atoms with van der Waals surface area (Å²) in [4.78, 5) is 12.4. The average molecular weight is 372 g/mol. The molecule has 0 amide bonds. The highest BCUT2D eigenvalue weighted by molar-refractivity contribution is 6.02. The molecule has 0 aromatic heterocycles. The van der Waals surface area contributed by atoms with Crippen LogP contribution in [0.25, 0.3) is 5.57 Å². The lowest BCUT2D eigenvalue weighted by molar-refractivity contribution is -0.137. The number of ether oxygens (including phenoxy) is 1. The van der Waals surface area contributed by atoms with E-state index in [4.69, 9.17) is 4.74 Å². The van der Waals surface area contributed by atoms with Gasteiger partial charge in [-0.15, -0.1) is 0 Å². The van der Waals surface area contributed by atoms with Gasteiger partial charge in [0.05, 0.1) is 6.61 Å². The maximum atomic E-state index is 12.4. The van der Waals surface area contributed by atoms with Crippen molar-refractivity contribution in [3.05, 3.63) is 34.4 Å². The highest BCUT2D eigenvalue weighted by Crippen LogP contribution is 2.42. The molecule has 0 saturated heterocycles. The molecule has 0 aliphatic carbocycles. The molecule has 0 radical (unpaired) electrons. The van der Waals surface area contributed by atoms with Gasteiger partial charge in [-0.25, -0.2) is 4.79 Å². The number of nitriles is 1. The molecular weight excluding hydrogens is 338 g/mol. The minimum atomic E-state index is -0.605. The maximum Gasteiger partial charge on any atom is 0.349 e. The molecule has 0 aliphatic rings. The van der Waals surface area contributed by atoms with Crippen LogP contribution in [-0.4, -0.2) is 17.7 Å². The minimum absolute atomic E-state index is 0.0252. The monoisotopic (exact) mass is 371 g/mol. The number of esters is 1. The Morgan fingerprint density at radius 1 is 1.11 bits per heavy atom. The molecule has 0 fully saturated rings. The highest BCUT2D eigenvalue weighted by atomic mass is 16.5. The van der Waals surface area contributed by atoms with Crippen LogP contribution in [0.3, 0.4) is 0 Å². The van der Waals surface area contributed by atoms with Crippen molar-refractivity contribution >= 4 is 11.5 Å². The first-order valence-electron chi connectivity index (χ1n) is 9.45. The van der Waals surface area contributed by atoms with E-state index >= 15 is 0 Å². The number of benzene rings is 1. The Labute approximate surface area is 163 Å². The molecule has 0 spiro atoms. The molecule has 1 rings (SSSR count). The first-order valence-corrected chi connectivity index (χ1v) is 9.45. The van der Waals surface area contributed by atoms with Crippen LogP contribution in [0, 0.1) is 17.2 Å². The van der Waals surface area contributed by atoms with Crippen LogP contribution in [0.1, 0.15) is 79.0 Å². The predicted molar refractivity (Wildman–Crippen MR) is 110 cm³/mol. The number of phenols is 1. The summed E-state index contributed by atoms with van der Waals surface area (Å²) in [6.07, 6.45) is 0. The van der Waals surface area contributed by atoms with E-state index in [9.17, 15) is 15.2 Å². The van der Waals surface area contributed by atoms with Crippen molar-refractivity contribution in [1.29, 1.82) is 5.26 Å². The first-order chi connectivity index (χ1) is 12.3. The van der Waals surface area contributed by atoms with Gasteiger partial charge in [0.1, 0.15) is 17.4 Å². The fraction of sp³-hybridized carbons (Fsp3) is 0.565. The van der Waals surface area contributed by atoms with Gasteiger partial charge >= 0.3 is 5.97 Å². The van der Waals surface area contributed by atoms with E-state index in [1.165, 1.54) is 0 Å². The first kappa shape index (κ1) is 22.8. The Morgan fingerprint density at radius 2 is 1.56 bits per heavy atom. The van der Waals surface area contributed by atoms with E-state index in [2.05, 4.69) is 0 Å². The van der Waals surface area contributed by atoms with Gasteiger partial charge in [-0.3, -0.25) is 0 Å². The maximum absolute atomic E-state index is 12.4. The lowest BCUT2D eigenvalue weighted by Crippen LogP contribution is -2.19. The molecule has 0 heterocycles. The number of carbonyl (C=O) groups is 1. The Bertz CT molecular complexity index is 746. The van der Waals surface area contributed by atoms with Gasteiger partial charge in [0, 0.05) is 11.1 Å². The summed E-state index contributed by atoms with van der Waals surface area (Å²) < 4.78 is 5.10. The van der Waals surface area contributed by atoms with Gasteiger partial charge in [0.25, 0.3) is 0 Å². The zero-order valence-corrected chi connectivity index (χ0v) is 18.2. The summed E-state index contributed by atoms with van der Waals surface area (Å²) in [6, 6.07) is 5.84. The van der Waals surface area contributed by atoms with Crippen molar-refractivity contribution < 1.29 is 14.6 Å². The molecule has 0 bridgehead atoms. The SMILES string of the molecule is CCOC(=O)C(C#N)=C(c1cc(C(C)(C)C)c(O)c(C(C)(C)C)c1)C(C)C. The zero-order valence-electron chi connectivity index (χ0n) is 18.2. The summed E-state index contributed by atoms with van der Waals surface area (Å²) in [7, 11) is 0. The number of allylic oxidation sites excluding steroid dienone is 1. The predicted octanol–water partition coefficient (Wildman–Crippen LogP) is 5.48. The fourth-order valence-electron chi connectivity index (χ4n) is 3.12. The number of aromatic hydroxyl groups is 1. The molecule has 148 valence electrons. The summed E-state index contributed by atoms with van der Waals surface area (Å²) in [5, 5.41) is 20.6. The van der Waals surface area contributed by atoms with E-state index in [1.54, 1.807) is 6.92 Å². The van der Waals surface area contributed by atoms with Gasteiger partial charge in [-0.1, -0.05) is 55.4 Å². The van der Waals surface area contributed by atoms with Crippen molar-refractivity contribution in [2.45, 2.75) is 73.1 Å². The summed E-state index contributed by atoms with van der Waals surface area (Å²) >= 11 is 0. The van der Waals surface area contributed by atoms with Crippen LogP contribution >= 0.6 is 0 Å². The van der Waals surface area contributed by atoms with Crippen molar-refractivity contribution in [2.24, 2.45) is 5.92 Å². The third-order valence-corrected chi connectivity index (χ3v) is 4.47. The topological polar surface area (TPSA) is 70.3 Å².